The molecule has 174 valence electrons. The average Bonchev–Trinajstić information content (AvgIpc) is 3.59. The van der Waals surface area contributed by atoms with Gasteiger partial charge >= 0.3 is 0 Å². The number of amides is 3. The van der Waals surface area contributed by atoms with Crippen LogP contribution in [0.25, 0.3) is 0 Å². The molecule has 33 heavy (non-hydrogen) atoms. The van der Waals surface area contributed by atoms with Crippen molar-refractivity contribution >= 4 is 23.7 Å². The van der Waals surface area contributed by atoms with Crippen molar-refractivity contribution in [2.24, 2.45) is 28.7 Å². The Morgan fingerprint density at radius 2 is 1.73 bits per heavy atom. The van der Waals surface area contributed by atoms with E-state index < -0.39 is 0 Å². The van der Waals surface area contributed by atoms with Gasteiger partial charge in [-0.05, 0) is 35.8 Å². The van der Waals surface area contributed by atoms with Crippen LogP contribution in [0, 0.1) is 23.7 Å². The van der Waals surface area contributed by atoms with Gasteiger partial charge in [0, 0.05) is 46.2 Å². The second kappa shape index (κ2) is 9.00. The van der Waals surface area contributed by atoms with E-state index in [1.54, 1.807) is 7.05 Å². The summed E-state index contributed by atoms with van der Waals surface area (Å²) in [5, 5.41) is 6.53. The van der Waals surface area contributed by atoms with Gasteiger partial charge in [-0.15, -0.1) is 0 Å². The first kappa shape index (κ1) is 21.7. The van der Waals surface area contributed by atoms with Crippen molar-refractivity contribution in [3.8, 4) is 0 Å². The Kier molecular flexibility index (Phi) is 5.91. The number of rotatable bonds is 7. The molecule has 2 N–H and O–H groups in total. The zero-order valence-corrected chi connectivity index (χ0v) is 19.0. The van der Waals surface area contributed by atoms with E-state index in [1.165, 1.54) is 4.90 Å². The third kappa shape index (κ3) is 4.03. The number of guanidine groups is 1. The Labute approximate surface area is 194 Å². The Hall–Kier alpha value is -3.16. The number of imide groups is 1. The maximum atomic E-state index is 12.8. The smallest absolute Gasteiger partial charge is 0.233 e. The van der Waals surface area contributed by atoms with Crippen molar-refractivity contribution in [1.82, 2.24) is 20.4 Å². The lowest BCUT2D eigenvalue weighted by Crippen LogP contribution is -2.43. The molecular weight excluding hydrogens is 418 g/mol. The minimum absolute atomic E-state index is 0.0167. The first-order chi connectivity index (χ1) is 16.1. The van der Waals surface area contributed by atoms with Crippen molar-refractivity contribution in [3.63, 3.8) is 0 Å². The molecule has 8 heteroatoms. The molecule has 4 atom stereocenters. The molecule has 3 fully saturated rings. The molecule has 2 heterocycles. The summed E-state index contributed by atoms with van der Waals surface area (Å²) >= 11 is 0. The second-order valence-corrected chi connectivity index (χ2v) is 9.37. The predicted molar refractivity (Wildman–Crippen MR) is 124 cm³/mol. The Morgan fingerprint density at radius 1 is 1.03 bits per heavy atom. The fourth-order valence-electron chi connectivity index (χ4n) is 5.83. The maximum absolute atomic E-state index is 12.8. The van der Waals surface area contributed by atoms with E-state index in [2.05, 4.69) is 39.9 Å². The van der Waals surface area contributed by atoms with E-state index in [0.717, 1.165) is 30.5 Å². The lowest BCUT2D eigenvalue weighted by molar-refractivity contribution is -0.140. The Morgan fingerprint density at radius 3 is 2.36 bits per heavy atom. The molecule has 1 saturated carbocycles. The van der Waals surface area contributed by atoms with Crippen LogP contribution in [-0.2, 0) is 27.5 Å². The van der Waals surface area contributed by atoms with Crippen LogP contribution in [0.2, 0.25) is 0 Å². The minimum Gasteiger partial charge on any atom is -0.355 e. The summed E-state index contributed by atoms with van der Waals surface area (Å²) in [6.07, 6.45) is 6.74. The van der Waals surface area contributed by atoms with Gasteiger partial charge in [0.05, 0.1) is 11.8 Å². The van der Waals surface area contributed by atoms with Crippen molar-refractivity contribution in [2.75, 3.05) is 26.7 Å². The number of likely N-dealkylation sites (tertiary alicyclic amines) is 2. The summed E-state index contributed by atoms with van der Waals surface area (Å²) in [6, 6.07) is 8.10. The molecule has 1 aromatic rings. The molecule has 2 aliphatic carbocycles. The molecule has 8 nitrogen and oxygen atoms in total. The number of hydrogen-bond acceptors (Lipinski definition) is 4. The van der Waals surface area contributed by atoms with Gasteiger partial charge in [-0.2, -0.15) is 0 Å². The van der Waals surface area contributed by atoms with Crippen LogP contribution in [0.3, 0.4) is 0 Å². The molecule has 0 radical (unpaired) electrons. The molecule has 2 aliphatic heterocycles. The normalized spacial score (nSPS) is 28.3. The fraction of sp³-hybridized carbons (Fsp3) is 0.520. The van der Waals surface area contributed by atoms with Crippen LogP contribution >= 0.6 is 0 Å². The van der Waals surface area contributed by atoms with E-state index in [0.29, 0.717) is 38.6 Å². The van der Waals surface area contributed by atoms with E-state index >= 15 is 0 Å². The summed E-state index contributed by atoms with van der Waals surface area (Å²) < 4.78 is 0. The molecule has 2 bridgehead atoms. The Bertz CT molecular complexity index is 989. The summed E-state index contributed by atoms with van der Waals surface area (Å²) in [5.74, 6) is 0.971. The summed E-state index contributed by atoms with van der Waals surface area (Å²) in [5.41, 5.74) is 2.24. The number of nitrogens with zero attached hydrogens (tertiary/aromatic N) is 3. The second-order valence-electron chi connectivity index (χ2n) is 9.37. The van der Waals surface area contributed by atoms with E-state index in [9.17, 15) is 14.4 Å². The largest absolute Gasteiger partial charge is 0.355 e. The van der Waals surface area contributed by atoms with Gasteiger partial charge in [-0.3, -0.25) is 24.3 Å². The highest BCUT2D eigenvalue weighted by Gasteiger charge is 2.58. The zero-order chi connectivity index (χ0) is 22.9. The third-order valence-corrected chi connectivity index (χ3v) is 7.51. The van der Waals surface area contributed by atoms with Gasteiger partial charge in [-0.25, -0.2) is 0 Å². The monoisotopic (exact) mass is 449 g/mol. The van der Waals surface area contributed by atoms with E-state index in [1.807, 2.05) is 17.0 Å². The topological polar surface area (TPSA) is 94.1 Å². The number of carbonyl (C=O) groups excluding carboxylic acids is 3. The summed E-state index contributed by atoms with van der Waals surface area (Å²) in [4.78, 5) is 45.3. The van der Waals surface area contributed by atoms with E-state index in [4.69, 9.17) is 0 Å². The standard InChI is InChI=1S/C25H31N5O3/c1-26-25(28-14-18-5-2-3-6-19(18)15-29-11-4-7-20(29)31)27-10-12-30-23(32)21-16-8-9-17(13-16)22(21)24(30)33/h2-3,5-6,8-9,16-17,21-22H,4,7,10-15H2,1H3,(H2,26,27,28). The first-order valence-electron chi connectivity index (χ1n) is 11.9. The van der Waals surface area contributed by atoms with Crippen LogP contribution in [0.1, 0.15) is 30.4 Å². The van der Waals surface area contributed by atoms with Crippen molar-refractivity contribution in [1.29, 1.82) is 0 Å². The maximum Gasteiger partial charge on any atom is 0.233 e. The van der Waals surface area contributed by atoms with E-state index in [-0.39, 0.29) is 41.4 Å². The van der Waals surface area contributed by atoms with Gasteiger partial charge < -0.3 is 15.5 Å². The van der Waals surface area contributed by atoms with Gasteiger partial charge in [-0.1, -0.05) is 36.4 Å². The summed E-state index contributed by atoms with van der Waals surface area (Å²) in [7, 11) is 1.70. The molecular formula is C25H31N5O3. The van der Waals surface area contributed by atoms with Crippen LogP contribution in [0.5, 0.6) is 0 Å². The van der Waals surface area contributed by atoms with Crippen molar-refractivity contribution < 1.29 is 14.4 Å². The average molecular weight is 450 g/mol. The SMILES string of the molecule is CN=C(NCCN1C(=O)C2C3C=CC(C3)C2C1=O)NCc1ccccc1CN1CCCC1=O. The van der Waals surface area contributed by atoms with Gasteiger partial charge in [0.2, 0.25) is 17.7 Å². The molecule has 5 rings (SSSR count). The summed E-state index contributed by atoms with van der Waals surface area (Å²) in [6.45, 7) is 2.80. The molecule has 4 aliphatic rings. The number of fused-ring (bicyclic) bond motifs is 5. The minimum atomic E-state index is -0.149. The quantitative estimate of drug-likeness (QED) is 0.283. The highest BCUT2D eigenvalue weighted by Crippen LogP contribution is 2.52. The number of hydrogen-bond donors (Lipinski definition) is 2. The molecule has 2 saturated heterocycles. The number of carbonyl (C=O) groups is 3. The van der Waals surface area contributed by atoms with Gasteiger partial charge in [0.25, 0.3) is 0 Å². The fourth-order valence-corrected chi connectivity index (χ4v) is 5.83. The van der Waals surface area contributed by atoms with Crippen LogP contribution in [0.4, 0.5) is 0 Å². The van der Waals surface area contributed by atoms with Crippen LogP contribution in [-0.4, -0.2) is 60.2 Å². The molecule has 1 aromatic carbocycles. The number of allylic oxidation sites excluding steroid dienone is 2. The van der Waals surface area contributed by atoms with Crippen molar-refractivity contribution in [2.45, 2.75) is 32.4 Å². The van der Waals surface area contributed by atoms with Gasteiger partial charge in [0.15, 0.2) is 5.96 Å². The number of aliphatic imine (C=N–C) groups is 1. The zero-order valence-electron chi connectivity index (χ0n) is 19.0. The van der Waals surface area contributed by atoms with Crippen LogP contribution in [0.15, 0.2) is 41.4 Å². The molecule has 3 amide bonds. The van der Waals surface area contributed by atoms with Crippen LogP contribution < -0.4 is 10.6 Å². The third-order valence-electron chi connectivity index (χ3n) is 7.51. The lowest BCUT2D eigenvalue weighted by Gasteiger charge is -2.20. The van der Waals surface area contributed by atoms with Crippen molar-refractivity contribution in [3.05, 3.63) is 47.5 Å². The number of benzene rings is 1. The highest BCUT2D eigenvalue weighted by molar-refractivity contribution is 6.06. The molecule has 4 unspecified atom stereocenters. The predicted octanol–water partition coefficient (Wildman–Crippen LogP) is 1.28. The first-order valence-corrected chi connectivity index (χ1v) is 11.9. The molecule has 0 spiro atoms. The van der Waals surface area contributed by atoms with Gasteiger partial charge in [0.1, 0.15) is 0 Å². The number of nitrogens with one attached hydrogen (secondary N) is 2. The highest BCUT2D eigenvalue weighted by atomic mass is 16.2. The lowest BCUT2D eigenvalue weighted by atomic mass is 9.85. The Balaban J connectivity index is 1.13. The molecule has 0 aromatic heterocycles.